The van der Waals surface area contributed by atoms with Crippen molar-refractivity contribution in [2.24, 2.45) is 0 Å². The molecule has 1 aliphatic carbocycles. The lowest BCUT2D eigenvalue weighted by molar-refractivity contribution is 0.660. The summed E-state index contributed by atoms with van der Waals surface area (Å²) in [6, 6.07) is 54.6. The number of thiophene rings is 1. The van der Waals surface area contributed by atoms with Crippen LogP contribution in [0.25, 0.3) is 85.9 Å². The molecule has 10 rings (SSSR count). The van der Waals surface area contributed by atoms with Crippen molar-refractivity contribution in [2.75, 3.05) is 0 Å². The predicted molar refractivity (Wildman–Crippen MR) is 200 cm³/mol. The molecule has 0 saturated heterocycles. The second-order valence-electron chi connectivity index (χ2n) is 13.2. The first-order chi connectivity index (χ1) is 22.6. The summed E-state index contributed by atoms with van der Waals surface area (Å²) in [6.45, 7) is 4.71. The standard InChI is InChI=1S/C45H30S/c1-45(2)39-20-9-7-13-29(39)37-25-28(22-23-40(37)45)43-31-15-3-5-17-33(31)44(34-18-6-4-16-32(34)43)35-19-11-12-27-24-38-30-14-8-10-21-41(30)46-42(38)26-36(27)35/h3-26H,1-2H3. The quantitative estimate of drug-likeness (QED) is 0.173. The summed E-state index contributed by atoms with van der Waals surface area (Å²) in [5.74, 6) is 0. The lowest BCUT2D eigenvalue weighted by atomic mass is 9.81. The fraction of sp³-hybridized carbons (Fsp3) is 0.0667. The smallest absolute Gasteiger partial charge is 0.0362 e. The van der Waals surface area contributed by atoms with Gasteiger partial charge in [-0.1, -0.05) is 135 Å². The van der Waals surface area contributed by atoms with E-state index in [1.165, 1.54) is 97.0 Å². The molecule has 0 atom stereocenters. The van der Waals surface area contributed by atoms with Gasteiger partial charge in [0, 0.05) is 25.6 Å². The summed E-state index contributed by atoms with van der Waals surface area (Å²) in [5, 5.41) is 10.4. The number of hydrogen-bond donors (Lipinski definition) is 0. The van der Waals surface area contributed by atoms with Crippen molar-refractivity contribution in [3.63, 3.8) is 0 Å². The maximum atomic E-state index is 2.45. The van der Waals surface area contributed by atoms with Crippen molar-refractivity contribution in [2.45, 2.75) is 19.3 Å². The molecule has 0 spiro atoms. The van der Waals surface area contributed by atoms with Crippen molar-refractivity contribution in [3.05, 3.63) is 157 Å². The summed E-state index contributed by atoms with van der Waals surface area (Å²) in [7, 11) is 0. The molecule has 46 heavy (non-hydrogen) atoms. The minimum absolute atomic E-state index is 0.00729. The highest BCUT2D eigenvalue weighted by Crippen LogP contribution is 2.51. The van der Waals surface area contributed by atoms with Gasteiger partial charge in [0.1, 0.15) is 0 Å². The van der Waals surface area contributed by atoms with Crippen LogP contribution in [0.1, 0.15) is 25.0 Å². The Morgan fingerprint density at radius 1 is 0.391 bits per heavy atom. The molecule has 0 N–H and O–H groups in total. The molecule has 0 radical (unpaired) electrons. The average molecular weight is 603 g/mol. The highest BCUT2D eigenvalue weighted by Gasteiger charge is 2.35. The van der Waals surface area contributed by atoms with Crippen molar-refractivity contribution < 1.29 is 0 Å². The molecule has 216 valence electrons. The van der Waals surface area contributed by atoms with Gasteiger partial charge in [0.05, 0.1) is 0 Å². The first-order valence-electron chi connectivity index (χ1n) is 16.1. The van der Waals surface area contributed by atoms with Gasteiger partial charge in [0.15, 0.2) is 0 Å². The molecule has 1 heterocycles. The Bertz CT molecular complexity index is 2660. The van der Waals surface area contributed by atoms with Crippen molar-refractivity contribution in [1.82, 2.24) is 0 Å². The minimum Gasteiger partial charge on any atom is -0.135 e. The number of benzene rings is 8. The van der Waals surface area contributed by atoms with Gasteiger partial charge in [-0.2, -0.15) is 0 Å². The zero-order valence-electron chi connectivity index (χ0n) is 25.8. The third-order valence-corrected chi connectivity index (χ3v) is 11.6. The highest BCUT2D eigenvalue weighted by molar-refractivity contribution is 7.25. The van der Waals surface area contributed by atoms with Gasteiger partial charge in [-0.3, -0.25) is 0 Å². The Labute approximate surface area is 272 Å². The largest absolute Gasteiger partial charge is 0.135 e. The Morgan fingerprint density at radius 3 is 1.76 bits per heavy atom. The van der Waals surface area contributed by atoms with Crippen LogP contribution in [0, 0.1) is 0 Å². The third-order valence-electron chi connectivity index (χ3n) is 10.5. The maximum Gasteiger partial charge on any atom is 0.0362 e. The molecule has 0 saturated carbocycles. The maximum absolute atomic E-state index is 2.45. The Morgan fingerprint density at radius 2 is 1.00 bits per heavy atom. The van der Waals surface area contributed by atoms with Gasteiger partial charge in [-0.05, 0) is 101 Å². The zero-order chi connectivity index (χ0) is 30.6. The zero-order valence-corrected chi connectivity index (χ0v) is 26.6. The van der Waals surface area contributed by atoms with Crippen molar-refractivity contribution in [1.29, 1.82) is 0 Å². The molecule has 0 amide bonds. The first-order valence-corrected chi connectivity index (χ1v) is 16.9. The first kappa shape index (κ1) is 26.0. The lowest BCUT2D eigenvalue weighted by Crippen LogP contribution is -2.14. The van der Waals surface area contributed by atoms with E-state index in [1.54, 1.807) is 0 Å². The van der Waals surface area contributed by atoms with E-state index in [1.807, 2.05) is 11.3 Å². The van der Waals surface area contributed by atoms with E-state index >= 15 is 0 Å². The van der Waals surface area contributed by atoms with Crippen LogP contribution >= 0.6 is 11.3 Å². The molecule has 0 fully saturated rings. The van der Waals surface area contributed by atoms with Crippen LogP contribution in [0.2, 0.25) is 0 Å². The molecule has 9 aromatic rings. The molecule has 1 heteroatoms. The van der Waals surface area contributed by atoms with Gasteiger partial charge >= 0.3 is 0 Å². The second kappa shape index (κ2) is 9.39. The Kier molecular flexibility index (Phi) is 5.31. The molecule has 0 unspecified atom stereocenters. The second-order valence-corrected chi connectivity index (χ2v) is 14.3. The number of rotatable bonds is 2. The van der Waals surface area contributed by atoms with E-state index in [-0.39, 0.29) is 5.41 Å². The van der Waals surface area contributed by atoms with Crippen LogP contribution in [0.5, 0.6) is 0 Å². The summed E-state index contributed by atoms with van der Waals surface area (Å²) in [4.78, 5) is 0. The van der Waals surface area contributed by atoms with Crippen LogP contribution in [0.3, 0.4) is 0 Å². The fourth-order valence-electron chi connectivity index (χ4n) is 8.32. The van der Waals surface area contributed by atoms with Gasteiger partial charge in [-0.15, -0.1) is 11.3 Å². The number of fused-ring (bicyclic) bond motifs is 9. The van der Waals surface area contributed by atoms with Crippen LogP contribution < -0.4 is 0 Å². The molecule has 0 aliphatic heterocycles. The fourth-order valence-corrected chi connectivity index (χ4v) is 9.45. The van der Waals surface area contributed by atoms with E-state index < -0.39 is 0 Å². The minimum atomic E-state index is -0.00729. The Hall–Kier alpha value is -5.24. The lowest BCUT2D eigenvalue weighted by Gasteiger charge is -2.22. The summed E-state index contributed by atoms with van der Waals surface area (Å²) >= 11 is 1.89. The third kappa shape index (κ3) is 3.49. The monoisotopic (exact) mass is 602 g/mol. The highest BCUT2D eigenvalue weighted by atomic mass is 32.1. The van der Waals surface area contributed by atoms with Crippen LogP contribution in [-0.4, -0.2) is 0 Å². The van der Waals surface area contributed by atoms with Crippen LogP contribution in [-0.2, 0) is 5.41 Å². The molecular formula is C45H30S. The van der Waals surface area contributed by atoms with Crippen molar-refractivity contribution >= 4 is 63.8 Å². The van der Waals surface area contributed by atoms with Gasteiger partial charge < -0.3 is 0 Å². The van der Waals surface area contributed by atoms with E-state index in [9.17, 15) is 0 Å². The van der Waals surface area contributed by atoms with E-state index in [0.717, 1.165) is 0 Å². The molecule has 1 aliphatic rings. The van der Waals surface area contributed by atoms with Crippen molar-refractivity contribution in [3.8, 4) is 33.4 Å². The van der Waals surface area contributed by atoms with Crippen LogP contribution in [0.15, 0.2) is 146 Å². The van der Waals surface area contributed by atoms with E-state index in [2.05, 4.69) is 159 Å². The number of hydrogen-bond acceptors (Lipinski definition) is 1. The van der Waals surface area contributed by atoms with Crippen LogP contribution in [0.4, 0.5) is 0 Å². The van der Waals surface area contributed by atoms with Gasteiger partial charge in [0.2, 0.25) is 0 Å². The molecular weight excluding hydrogens is 573 g/mol. The summed E-state index contributed by atoms with van der Waals surface area (Å²) in [5.41, 5.74) is 10.7. The van der Waals surface area contributed by atoms with Gasteiger partial charge in [0.25, 0.3) is 0 Å². The predicted octanol–water partition coefficient (Wildman–Crippen LogP) is 13.2. The SMILES string of the molecule is CC1(C)c2ccccc2-c2cc(-c3c4ccccc4c(-c4cccc5cc6c(cc45)sc4ccccc46)c4ccccc34)ccc21. The normalized spacial score (nSPS) is 13.6. The molecule has 1 aromatic heterocycles. The van der Waals surface area contributed by atoms with E-state index in [4.69, 9.17) is 0 Å². The average Bonchev–Trinajstić information content (AvgIpc) is 3.57. The topological polar surface area (TPSA) is 0 Å². The summed E-state index contributed by atoms with van der Waals surface area (Å²) < 4.78 is 2.68. The molecule has 8 aromatic carbocycles. The van der Waals surface area contributed by atoms with Gasteiger partial charge in [-0.25, -0.2) is 0 Å². The molecule has 0 nitrogen and oxygen atoms in total. The summed E-state index contributed by atoms with van der Waals surface area (Å²) in [6.07, 6.45) is 0. The Balaban J connectivity index is 1.28. The van der Waals surface area contributed by atoms with E-state index in [0.29, 0.717) is 0 Å². The molecule has 0 bridgehead atoms.